The van der Waals surface area contributed by atoms with Crippen molar-refractivity contribution in [2.24, 2.45) is 0 Å². The van der Waals surface area contributed by atoms with E-state index in [1.165, 1.54) is 76.7 Å². The summed E-state index contributed by atoms with van der Waals surface area (Å²) in [6.45, 7) is 2.27. The van der Waals surface area contributed by atoms with Crippen molar-refractivity contribution in [2.75, 3.05) is 0 Å². The highest BCUT2D eigenvalue weighted by Crippen LogP contribution is 2.11. The van der Waals surface area contributed by atoms with E-state index in [9.17, 15) is 4.79 Å². The molecule has 1 heteroatoms. The normalized spacial score (nSPS) is 11.6. The molecule has 0 saturated heterocycles. The van der Waals surface area contributed by atoms with Crippen LogP contribution in [0.3, 0.4) is 0 Å². The molecule has 109 valence electrons. The van der Waals surface area contributed by atoms with Gasteiger partial charge in [0.15, 0.2) is 0 Å². The molecule has 0 aromatic rings. The molecule has 0 spiro atoms. The first-order chi connectivity index (χ1) is 9.41. The first-order valence-corrected chi connectivity index (χ1v) is 8.11. The standard InChI is InChI=1S/C18H31O/c1-2-3-4-5-6-7-8-9-10-11-12-13-14-15-16-17-18-19/h14-17H,2-13H2,1H3/b15-14+,17-16+. The molecule has 0 amide bonds. The minimum absolute atomic E-state index is 1.13. The van der Waals surface area contributed by atoms with Gasteiger partial charge in [0, 0.05) is 0 Å². The first-order valence-electron chi connectivity index (χ1n) is 8.11. The van der Waals surface area contributed by atoms with Crippen LogP contribution in [0.15, 0.2) is 24.3 Å². The van der Waals surface area contributed by atoms with Gasteiger partial charge in [0.05, 0.1) is 0 Å². The highest BCUT2D eigenvalue weighted by molar-refractivity contribution is 5.66. The lowest BCUT2D eigenvalue weighted by Crippen LogP contribution is -1.81. The Morgan fingerprint density at radius 2 is 1.26 bits per heavy atom. The maximum absolute atomic E-state index is 9.89. The summed E-state index contributed by atoms with van der Waals surface area (Å²) < 4.78 is 0. The molecule has 0 heterocycles. The fourth-order valence-corrected chi connectivity index (χ4v) is 2.20. The van der Waals surface area contributed by atoms with Crippen molar-refractivity contribution in [1.82, 2.24) is 0 Å². The molecule has 0 rings (SSSR count). The summed E-state index contributed by atoms with van der Waals surface area (Å²) in [7, 11) is 0. The van der Waals surface area contributed by atoms with Crippen molar-refractivity contribution >= 4 is 6.29 Å². The lowest BCUT2D eigenvalue weighted by Gasteiger charge is -2.01. The Bertz CT molecular complexity index is 228. The average molecular weight is 263 g/mol. The van der Waals surface area contributed by atoms with E-state index in [1.54, 1.807) is 12.4 Å². The maximum Gasteiger partial charge on any atom is 0.225 e. The molecule has 0 aromatic heterocycles. The Balaban J connectivity index is 3.04. The van der Waals surface area contributed by atoms with Crippen LogP contribution in [0.2, 0.25) is 0 Å². The van der Waals surface area contributed by atoms with Crippen molar-refractivity contribution in [3.05, 3.63) is 24.3 Å². The summed E-state index contributed by atoms with van der Waals surface area (Å²) in [5, 5.41) is 0. The van der Waals surface area contributed by atoms with Gasteiger partial charge in [-0.2, -0.15) is 0 Å². The van der Waals surface area contributed by atoms with Gasteiger partial charge in [0.1, 0.15) is 0 Å². The molecule has 1 radical (unpaired) electrons. The van der Waals surface area contributed by atoms with Crippen LogP contribution in [0.5, 0.6) is 0 Å². The fraction of sp³-hybridized carbons (Fsp3) is 0.722. The predicted molar refractivity (Wildman–Crippen MR) is 85.1 cm³/mol. The minimum Gasteiger partial charge on any atom is -0.286 e. The van der Waals surface area contributed by atoms with Crippen molar-refractivity contribution in [1.29, 1.82) is 0 Å². The molecule has 0 N–H and O–H groups in total. The van der Waals surface area contributed by atoms with Gasteiger partial charge in [-0.25, -0.2) is 0 Å². The molecule has 0 atom stereocenters. The fourth-order valence-electron chi connectivity index (χ4n) is 2.20. The van der Waals surface area contributed by atoms with Crippen molar-refractivity contribution in [2.45, 2.75) is 84.0 Å². The van der Waals surface area contributed by atoms with Gasteiger partial charge in [-0.05, 0) is 18.9 Å². The van der Waals surface area contributed by atoms with Crippen LogP contribution in [0.1, 0.15) is 84.0 Å². The largest absolute Gasteiger partial charge is 0.286 e. The molecule has 0 aliphatic carbocycles. The lowest BCUT2D eigenvalue weighted by atomic mass is 10.1. The van der Waals surface area contributed by atoms with E-state index in [2.05, 4.69) is 13.0 Å². The Labute approximate surface area is 120 Å². The zero-order valence-electron chi connectivity index (χ0n) is 12.7. The van der Waals surface area contributed by atoms with Gasteiger partial charge >= 0.3 is 0 Å². The second-order valence-corrected chi connectivity index (χ2v) is 5.23. The number of hydrogen-bond acceptors (Lipinski definition) is 1. The van der Waals surface area contributed by atoms with E-state index in [0.29, 0.717) is 0 Å². The SMILES string of the molecule is CCCCCCCCCCCCC/C=C/C=C/[C]=O. The van der Waals surface area contributed by atoms with E-state index >= 15 is 0 Å². The van der Waals surface area contributed by atoms with E-state index in [-0.39, 0.29) is 0 Å². The van der Waals surface area contributed by atoms with Crippen molar-refractivity contribution < 1.29 is 4.79 Å². The summed E-state index contributed by atoms with van der Waals surface area (Å²) >= 11 is 0. The monoisotopic (exact) mass is 263 g/mol. The van der Waals surface area contributed by atoms with Gasteiger partial charge in [-0.15, -0.1) is 0 Å². The van der Waals surface area contributed by atoms with Crippen LogP contribution < -0.4 is 0 Å². The molecule has 0 aliphatic rings. The first kappa shape index (κ1) is 18.1. The van der Waals surface area contributed by atoms with Crippen molar-refractivity contribution in [3.63, 3.8) is 0 Å². The average Bonchev–Trinajstić information content (AvgIpc) is 2.43. The Kier molecular flexibility index (Phi) is 16.4. The summed E-state index contributed by atoms with van der Waals surface area (Å²) in [6.07, 6.45) is 25.3. The van der Waals surface area contributed by atoms with Crippen LogP contribution in [-0.4, -0.2) is 6.29 Å². The zero-order chi connectivity index (χ0) is 14.0. The van der Waals surface area contributed by atoms with Crippen LogP contribution >= 0.6 is 0 Å². The molecule has 1 nitrogen and oxygen atoms in total. The second kappa shape index (κ2) is 17.2. The summed E-state index contributed by atoms with van der Waals surface area (Å²) in [4.78, 5) is 9.89. The smallest absolute Gasteiger partial charge is 0.225 e. The number of hydrogen-bond donors (Lipinski definition) is 0. The Morgan fingerprint density at radius 3 is 1.79 bits per heavy atom. The second-order valence-electron chi connectivity index (χ2n) is 5.23. The van der Waals surface area contributed by atoms with Gasteiger partial charge < -0.3 is 0 Å². The van der Waals surface area contributed by atoms with E-state index in [0.717, 1.165) is 6.42 Å². The Hall–Kier alpha value is -0.850. The molecular weight excluding hydrogens is 232 g/mol. The van der Waals surface area contributed by atoms with E-state index < -0.39 is 0 Å². The molecule has 0 aromatic carbocycles. The highest BCUT2D eigenvalue weighted by atomic mass is 16.1. The van der Waals surface area contributed by atoms with Crippen LogP contribution in [-0.2, 0) is 4.79 Å². The number of allylic oxidation sites excluding steroid dienone is 4. The van der Waals surface area contributed by atoms with Crippen LogP contribution in [0, 0.1) is 0 Å². The molecule has 0 bridgehead atoms. The predicted octanol–water partition coefficient (Wildman–Crippen LogP) is 5.91. The van der Waals surface area contributed by atoms with E-state index in [1.807, 2.05) is 6.08 Å². The van der Waals surface area contributed by atoms with Crippen LogP contribution in [0.4, 0.5) is 0 Å². The van der Waals surface area contributed by atoms with Crippen LogP contribution in [0.25, 0.3) is 0 Å². The third-order valence-electron chi connectivity index (χ3n) is 3.39. The van der Waals surface area contributed by atoms with E-state index in [4.69, 9.17) is 0 Å². The highest BCUT2D eigenvalue weighted by Gasteiger charge is 1.92. The number of unbranched alkanes of at least 4 members (excludes halogenated alkanes) is 11. The van der Waals surface area contributed by atoms with Gasteiger partial charge in [-0.1, -0.05) is 89.4 Å². The summed E-state index contributed by atoms with van der Waals surface area (Å²) in [5.74, 6) is 0. The zero-order valence-corrected chi connectivity index (χ0v) is 12.7. The lowest BCUT2D eigenvalue weighted by molar-refractivity contribution is 0.550. The van der Waals surface area contributed by atoms with Crippen molar-refractivity contribution in [3.8, 4) is 0 Å². The Morgan fingerprint density at radius 1 is 0.737 bits per heavy atom. The molecule has 0 fully saturated rings. The van der Waals surface area contributed by atoms with Gasteiger partial charge in [0.2, 0.25) is 6.29 Å². The molecule has 0 aliphatic heterocycles. The molecule has 19 heavy (non-hydrogen) atoms. The third-order valence-corrected chi connectivity index (χ3v) is 3.39. The number of carbonyl (C=O) groups excluding carboxylic acids is 1. The summed E-state index contributed by atoms with van der Waals surface area (Å²) in [6, 6.07) is 0. The van der Waals surface area contributed by atoms with Gasteiger partial charge in [-0.3, -0.25) is 4.79 Å². The topological polar surface area (TPSA) is 17.1 Å². The minimum atomic E-state index is 1.13. The summed E-state index contributed by atoms with van der Waals surface area (Å²) in [5.41, 5.74) is 0. The maximum atomic E-state index is 9.89. The molecule has 0 saturated carbocycles. The van der Waals surface area contributed by atoms with Gasteiger partial charge in [0.25, 0.3) is 0 Å². The third kappa shape index (κ3) is 17.1. The molecule has 0 unspecified atom stereocenters. The quantitative estimate of drug-likeness (QED) is 0.216. The molecular formula is C18H31O. The number of rotatable bonds is 14.